The number of ether oxygens (including phenoxy) is 2. The molecule has 0 fully saturated rings. The normalized spacial score (nSPS) is 24.3. The maximum absolute atomic E-state index is 11.9. The van der Waals surface area contributed by atoms with Crippen LogP contribution in [0.2, 0.25) is 0 Å². The molecular formula is C13H15NO4S. The molecule has 0 bridgehead atoms. The topological polar surface area (TPSA) is 65.0 Å². The second kappa shape index (κ2) is 6.06. The number of rotatable bonds is 4. The van der Waals surface area contributed by atoms with Crippen LogP contribution in [0.15, 0.2) is 28.1 Å². The minimum Gasteiger partial charge on any atom is -0.462 e. The van der Waals surface area contributed by atoms with E-state index in [2.05, 4.69) is 4.99 Å². The smallest absolute Gasteiger partial charge is 0.357 e. The summed E-state index contributed by atoms with van der Waals surface area (Å²) in [7, 11) is 0. The van der Waals surface area contributed by atoms with Gasteiger partial charge in [-0.25, -0.2) is 9.59 Å². The molecule has 0 radical (unpaired) electrons. The summed E-state index contributed by atoms with van der Waals surface area (Å²) in [6.07, 6.45) is 3.65. The van der Waals surface area contributed by atoms with Crippen LogP contribution in [0.25, 0.3) is 0 Å². The van der Waals surface area contributed by atoms with E-state index in [1.54, 1.807) is 31.7 Å². The lowest BCUT2D eigenvalue weighted by molar-refractivity contribution is -0.139. The zero-order chi connectivity index (χ0) is 13.8. The average Bonchev–Trinajstić information content (AvgIpc) is 2.85. The van der Waals surface area contributed by atoms with Gasteiger partial charge < -0.3 is 9.47 Å². The molecule has 6 heteroatoms. The van der Waals surface area contributed by atoms with E-state index in [0.717, 1.165) is 0 Å². The van der Waals surface area contributed by atoms with E-state index in [4.69, 9.17) is 9.47 Å². The number of thioether (sulfide) groups is 1. The minimum atomic E-state index is -0.578. The van der Waals surface area contributed by atoms with Gasteiger partial charge in [0.2, 0.25) is 0 Å². The number of dihydropyridines is 1. The van der Waals surface area contributed by atoms with E-state index in [-0.39, 0.29) is 35.8 Å². The van der Waals surface area contributed by atoms with Gasteiger partial charge in [-0.15, -0.1) is 11.8 Å². The molecule has 2 unspecified atom stereocenters. The number of esters is 2. The Labute approximate surface area is 115 Å². The SMILES string of the molecule is CCOC(=O)C1=CC2SC=CC2N=C1C(=O)OCC. The molecule has 2 aliphatic heterocycles. The second-order valence-corrected chi connectivity index (χ2v) is 5.01. The molecule has 19 heavy (non-hydrogen) atoms. The van der Waals surface area contributed by atoms with E-state index in [1.807, 2.05) is 11.5 Å². The van der Waals surface area contributed by atoms with E-state index in [0.29, 0.717) is 0 Å². The van der Waals surface area contributed by atoms with E-state index >= 15 is 0 Å². The quantitative estimate of drug-likeness (QED) is 0.730. The molecule has 102 valence electrons. The van der Waals surface area contributed by atoms with E-state index in [1.165, 1.54) is 0 Å². The summed E-state index contributed by atoms with van der Waals surface area (Å²) in [5.74, 6) is -1.11. The Bertz CT molecular complexity index is 481. The molecule has 5 nitrogen and oxygen atoms in total. The first-order valence-corrected chi connectivity index (χ1v) is 7.08. The maximum atomic E-state index is 11.9. The first-order chi connectivity index (χ1) is 9.17. The van der Waals surface area contributed by atoms with Crippen LogP contribution in [0, 0.1) is 0 Å². The highest BCUT2D eigenvalue weighted by molar-refractivity contribution is 8.03. The number of aliphatic imine (C=N–C) groups is 1. The van der Waals surface area contributed by atoms with Crippen molar-refractivity contribution in [1.82, 2.24) is 0 Å². The van der Waals surface area contributed by atoms with E-state index in [9.17, 15) is 9.59 Å². The van der Waals surface area contributed by atoms with Crippen molar-refractivity contribution in [2.75, 3.05) is 13.2 Å². The predicted octanol–water partition coefficient (Wildman–Crippen LogP) is 1.49. The summed E-state index contributed by atoms with van der Waals surface area (Å²) in [5.41, 5.74) is 0.270. The van der Waals surface area contributed by atoms with Crippen LogP contribution in [0.1, 0.15) is 13.8 Å². The average molecular weight is 281 g/mol. The van der Waals surface area contributed by atoms with Crippen molar-refractivity contribution in [3.63, 3.8) is 0 Å². The Morgan fingerprint density at radius 2 is 1.95 bits per heavy atom. The summed E-state index contributed by atoms with van der Waals surface area (Å²) in [6.45, 7) is 3.93. The molecule has 0 saturated heterocycles. The van der Waals surface area contributed by atoms with Gasteiger partial charge in [0.15, 0.2) is 5.71 Å². The molecule has 0 aromatic heterocycles. The van der Waals surface area contributed by atoms with Crippen molar-refractivity contribution in [1.29, 1.82) is 0 Å². The highest BCUT2D eigenvalue weighted by Gasteiger charge is 2.34. The monoisotopic (exact) mass is 281 g/mol. The molecule has 2 aliphatic rings. The van der Waals surface area contributed by atoms with Gasteiger partial charge in [0, 0.05) is 0 Å². The van der Waals surface area contributed by atoms with Gasteiger partial charge >= 0.3 is 11.9 Å². The molecule has 0 N–H and O–H groups in total. The molecular weight excluding hydrogens is 266 g/mol. The standard InChI is InChI=1S/C13H15NO4S/c1-3-17-12(15)8-7-10-9(5-6-19-10)14-11(8)13(16)18-4-2/h5-7,9-10H,3-4H2,1-2H3. The van der Waals surface area contributed by atoms with Gasteiger partial charge in [-0.1, -0.05) is 12.2 Å². The van der Waals surface area contributed by atoms with Gasteiger partial charge in [-0.2, -0.15) is 0 Å². The molecule has 2 rings (SSSR count). The first-order valence-electron chi connectivity index (χ1n) is 6.13. The van der Waals surface area contributed by atoms with Crippen molar-refractivity contribution < 1.29 is 19.1 Å². The second-order valence-electron chi connectivity index (χ2n) is 3.92. The van der Waals surface area contributed by atoms with Crippen LogP contribution in [-0.4, -0.2) is 42.2 Å². The number of carbonyl (C=O) groups excluding carboxylic acids is 2. The van der Waals surface area contributed by atoms with Crippen LogP contribution >= 0.6 is 11.8 Å². The van der Waals surface area contributed by atoms with Crippen LogP contribution in [0.3, 0.4) is 0 Å². The third kappa shape index (κ3) is 2.89. The van der Waals surface area contributed by atoms with Crippen molar-refractivity contribution in [2.24, 2.45) is 4.99 Å². The summed E-state index contributed by atoms with van der Waals surface area (Å²) in [5, 5.41) is 1.98. The predicted molar refractivity (Wildman–Crippen MR) is 73.1 cm³/mol. The van der Waals surface area contributed by atoms with Gasteiger partial charge in [-0.3, -0.25) is 4.99 Å². The molecule has 0 aliphatic carbocycles. The Hall–Kier alpha value is -1.56. The lowest BCUT2D eigenvalue weighted by atomic mass is 10.0. The largest absolute Gasteiger partial charge is 0.462 e. The fourth-order valence-corrected chi connectivity index (χ4v) is 2.82. The fraction of sp³-hybridized carbons (Fsp3) is 0.462. The van der Waals surface area contributed by atoms with Crippen molar-refractivity contribution >= 4 is 29.4 Å². The summed E-state index contributed by atoms with van der Waals surface area (Å²) < 4.78 is 9.90. The Morgan fingerprint density at radius 1 is 1.26 bits per heavy atom. The minimum absolute atomic E-state index is 0.0533. The number of fused-ring (bicyclic) bond motifs is 1. The molecule has 0 spiro atoms. The Morgan fingerprint density at radius 3 is 2.63 bits per heavy atom. The highest BCUT2D eigenvalue weighted by atomic mass is 32.2. The lowest BCUT2D eigenvalue weighted by Crippen LogP contribution is -2.33. The maximum Gasteiger partial charge on any atom is 0.357 e. The zero-order valence-corrected chi connectivity index (χ0v) is 11.6. The van der Waals surface area contributed by atoms with Crippen LogP contribution < -0.4 is 0 Å². The molecule has 0 aromatic carbocycles. The van der Waals surface area contributed by atoms with Crippen molar-refractivity contribution in [3.8, 4) is 0 Å². The number of hydrogen-bond acceptors (Lipinski definition) is 6. The van der Waals surface area contributed by atoms with Gasteiger partial charge in [0.25, 0.3) is 0 Å². The van der Waals surface area contributed by atoms with Gasteiger partial charge in [0.1, 0.15) is 0 Å². The molecule has 2 atom stereocenters. The number of nitrogens with zero attached hydrogens (tertiary/aromatic N) is 1. The Kier molecular flexibility index (Phi) is 4.42. The first kappa shape index (κ1) is 13.9. The zero-order valence-electron chi connectivity index (χ0n) is 10.8. The van der Waals surface area contributed by atoms with Crippen molar-refractivity contribution in [3.05, 3.63) is 23.1 Å². The number of hydrogen-bond donors (Lipinski definition) is 0. The van der Waals surface area contributed by atoms with Crippen molar-refractivity contribution in [2.45, 2.75) is 25.1 Å². The van der Waals surface area contributed by atoms with Gasteiger partial charge in [-0.05, 0) is 19.3 Å². The highest BCUT2D eigenvalue weighted by Crippen LogP contribution is 2.32. The fourth-order valence-electron chi connectivity index (χ4n) is 1.86. The Balaban J connectivity index is 2.28. The third-order valence-electron chi connectivity index (χ3n) is 2.68. The van der Waals surface area contributed by atoms with Gasteiger partial charge in [0.05, 0.1) is 30.1 Å². The third-order valence-corrected chi connectivity index (χ3v) is 3.72. The van der Waals surface area contributed by atoms with Crippen LogP contribution in [-0.2, 0) is 19.1 Å². The van der Waals surface area contributed by atoms with Crippen LogP contribution in [0.4, 0.5) is 0 Å². The van der Waals surface area contributed by atoms with Crippen LogP contribution in [0.5, 0.6) is 0 Å². The number of carbonyl (C=O) groups is 2. The lowest BCUT2D eigenvalue weighted by Gasteiger charge is -2.20. The summed E-state index contributed by atoms with van der Waals surface area (Å²) in [6, 6.07) is -0.109. The summed E-state index contributed by atoms with van der Waals surface area (Å²) in [4.78, 5) is 28.1. The molecule has 0 amide bonds. The molecule has 0 saturated carbocycles. The molecule has 2 heterocycles. The summed E-state index contributed by atoms with van der Waals surface area (Å²) >= 11 is 1.57. The van der Waals surface area contributed by atoms with E-state index < -0.39 is 11.9 Å². The molecule has 0 aromatic rings.